The summed E-state index contributed by atoms with van der Waals surface area (Å²) in [5.74, 6) is -0.956. The molecule has 2 atom stereocenters. The summed E-state index contributed by atoms with van der Waals surface area (Å²) in [5.41, 5.74) is 4.18. The van der Waals surface area contributed by atoms with Crippen LogP contribution < -0.4 is 11.1 Å². The number of amides is 3. The fourth-order valence-electron chi connectivity index (χ4n) is 2.41. The zero-order chi connectivity index (χ0) is 15.5. The maximum Gasteiger partial charge on any atom is 0.312 e. The van der Waals surface area contributed by atoms with Gasteiger partial charge in [-0.05, 0) is 25.7 Å². The molecule has 3 amide bonds. The summed E-state index contributed by atoms with van der Waals surface area (Å²) >= 11 is 0. The number of likely N-dealkylation sites (tertiary alicyclic amines) is 1. The van der Waals surface area contributed by atoms with Crippen molar-refractivity contribution in [3.8, 4) is 0 Å². The van der Waals surface area contributed by atoms with Gasteiger partial charge in [-0.25, -0.2) is 4.79 Å². The molecule has 0 aromatic rings. The molecule has 1 aliphatic heterocycles. The molecule has 0 spiro atoms. The van der Waals surface area contributed by atoms with E-state index >= 15 is 0 Å². The summed E-state index contributed by atoms with van der Waals surface area (Å²) in [6, 6.07) is -1.44. The monoisotopic (exact) mass is 285 g/mol. The van der Waals surface area contributed by atoms with Crippen molar-refractivity contribution in [2.24, 2.45) is 17.1 Å². The van der Waals surface area contributed by atoms with Crippen LogP contribution in [0.3, 0.4) is 0 Å². The maximum absolute atomic E-state index is 12.4. The predicted octanol–water partition coefficient (Wildman–Crippen LogP) is 0.393. The van der Waals surface area contributed by atoms with Gasteiger partial charge >= 0.3 is 12.0 Å². The molecule has 0 aromatic carbocycles. The number of carbonyl (C=O) groups excluding carboxylic acids is 2. The van der Waals surface area contributed by atoms with E-state index in [-0.39, 0.29) is 18.4 Å². The summed E-state index contributed by atoms with van der Waals surface area (Å²) in [7, 11) is 0. The van der Waals surface area contributed by atoms with Crippen LogP contribution in [0.1, 0.15) is 33.6 Å². The second-order valence-electron chi connectivity index (χ2n) is 6.07. The normalized spacial score (nSPS) is 23.7. The van der Waals surface area contributed by atoms with Crippen molar-refractivity contribution in [2.75, 3.05) is 13.1 Å². The zero-order valence-corrected chi connectivity index (χ0v) is 12.2. The minimum Gasteiger partial charge on any atom is -0.481 e. The number of nitrogens with zero attached hydrogens (tertiary/aromatic N) is 1. The number of hydrogen-bond donors (Lipinski definition) is 3. The van der Waals surface area contributed by atoms with Gasteiger partial charge in [0.1, 0.15) is 6.04 Å². The summed E-state index contributed by atoms with van der Waals surface area (Å²) < 4.78 is 0. The highest BCUT2D eigenvalue weighted by Gasteiger charge is 2.43. The van der Waals surface area contributed by atoms with Gasteiger partial charge in [-0.2, -0.15) is 0 Å². The Morgan fingerprint density at radius 2 is 2.00 bits per heavy atom. The zero-order valence-electron chi connectivity index (χ0n) is 12.2. The largest absolute Gasteiger partial charge is 0.481 e. The number of nitrogens with two attached hydrogens (primary N) is 1. The van der Waals surface area contributed by atoms with Crippen LogP contribution in [0.15, 0.2) is 0 Å². The number of nitrogens with one attached hydrogen (secondary N) is 1. The average Bonchev–Trinajstić information content (AvgIpc) is 2.70. The first kappa shape index (κ1) is 16.3. The molecule has 1 aliphatic rings. The number of carboxylic acids is 1. The molecule has 1 fully saturated rings. The van der Waals surface area contributed by atoms with E-state index < -0.39 is 23.5 Å². The molecule has 0 radical (unpaired) electrons. The first-order valence-corrected chi connectivity index (χ1v) is 6.74. The van der Waals surface area contributed by atoms with E-state index in [0.29, 0.717) is 19.4 Å². The van der Waals surface area contributed by atoms with E-state index in [1.807, 2.05) is 13.8 Å². The molecule has 1 saturated heterocycles. The maximum atomic E-state index is 12.4. The van der Waals surface area contributed by atoms with Crippen LogP contribution in [0, 0.1) is 11.3 Å². The lowest BCUT2D eigenvalue weighted by atomic mass is 9.90. The molecular formula is C13H23N3O4. The van der Waals surface area contributed by atoms with Gasteiger partial charge < -0.3 is 21.1 Å². The molecule has 0 aliphatic carbocycles. The van der Waals surface area contributed by atoms with Gasteiger partial charge in [0.05, 0.1) is 5.41 Å². The second kappa shape index (κ2) is 6.11. The lowest BCUT2D eigenvalue weighted by molar-refractivity contribution is -0.147. The molecule has 1 heterocycles. The Hall–Kier alpha value is -1.79. The highest BCUT2D eigenvalue weighted by Crippen LogP contribution is 2.30. The number of carbonyl (C=O) groups is 3. The van der Waals surface area contributed by atoms with Gasteiger partial charge in [0.25, 0.3) is 0 Å². The topological polar surface area (TPSA) is 113 Å². The first-order valence-electron chi connectivity index (χ1n) is 6.74. The SMILES string of the molecule is CC(C)CC(NC(N)=O)C(=O)N1CCC(C)(C(=O)O)C1. The Morgan fingerprint density at radius 3 is 2.40 bits per heavy atom. The standard InChI is InChI=1S/C13H23N3O4/c1-8(2)6-9(15-12(14)20)10(17)16-5-4-13(3,7-16)11(18)19/h8-9H,4-7H2,1-3H3,(H,18,19)(H3,14,15,20). The van der Waals surface area contributed by atoms with Crippen LogP contribution in [-0.4, -0.2) is 47.0 Å². The van der Waals surface area contributed by atoms with E-state index in [1.54, 1.807) is 6.92 Å². The fourth-order valence-corrected chi connectivity index (χ4v) is 2.41. The van der Waals surface area contributed by atoms with Gasteiger partial charge in [-0.3, -0.25) is 9.59 Å². The molecule has 7 nitrogen and oxygen atoms in total. The number of aliphatic carboxylic acids is 1. The van der Waals surface area contributed by atoms with Crippen molar-refractivity contribution < 1.29 is 19.5 Å². The van der Waals surface area contributed by atoms with Gasteiger partial charge in [0.2, 0.25) is 5.91 Å². The summed E-state index contributed by atoms with van der Waals surface area (Å²) in [5, 5.41) is 11.6. The molecule has 20 heavy (non-hydrogen) atoms. The minimum absolute atomic E-state index is 0.163. The van der Waals surface area contributed by atoms with Gasteiger partial charge in [0.15, 0.2) is 0 Å². The summed E-state index contributed by atoms with van der Waals surface area (Å²) in [6.45, 7) is 6.05. The molecule has 1 rings (SSSR count). The van der Waals surface area contributed by atoms with E-state index in [4.69, 9.17) is 5.73 Å². The molecule has 7 heteroatoms. The van der Waals surface area contributed by atoms with E-state index in [1.165, 1.54) is 4.90 Å². The Balaban J connectivity index is 2.76. The molecule has 4 N–H and O–H groups in total. The first-order chi connectivity index (χ1) is 9.15. The van der Waals surface area contributed by atoms with Crippen LogP contribution in [-0.2, 0) is 9.59 Å². The number of urea groups is 1. The van der Waals surface area contributed by atoms with Crippen molar-refractivity contribution >= 4 is 17.9 Å². The van der Waals surface area contributed by atoms with Crippen molar-refractivity contribution in [3.63, 3.8) is 0 Å². The Morgan fingerprint density at radius 1 is 1.40 bits per heavy atom. The quantitative estimate of drug-likeness (QED) is 0.678. The highest BCUT2D eigenvalue weighted by atomic mass is 16.4. The highest BCUT2D eigenvalue weighted by molar-refractivity contribution is 5.87. The molecular weight excluding hydrogens is 262 g/mol. The minimum atomic E-state index is -0.912. The van der Waals surface area contributed by atoms with E-state index in [0.717, 1.165) is 0 Å². The molecule has 2 unspecified atom stereocenters. The third-order valence-electron chi connectivity index (χ3n) is 3.62. The molecule has 0 saturated carbocycles. The van der Waals surface area contributed by atoms with Crippen LogP contribution in [0.4, 0.5) is 4.79 Å². The third kappa shape index (κ3) is 3.85. The number of rotatable bonds is 5. The van der Waals surface area contributed by atoms with Crippen molar-refractivity contribution in [1.29, 1.82) is 0 Å². The summed E-state index contributed by atoms with van der Waals surface area (Å²) in [6.07, 6.45) is 0.890. The van der Waals surface area contributed by atoms with E-state index in [2.05, 4.69) is 5.32 Å². The van der Waals surface area contributed by atoms with Crippen LogP contribution in [0.5, 0.6) is 0 Å². The van der Waals surface area contributed by atoms with Gasteiger partial charge in [-0.15, -0.1) is 0 Å². The number of primary amides is 1. The van der Waals surface area contributed by atoms with E-state index in [9.17, 15) is 19.5 Å². The van der Waals surface area contributed by atoms with Crippen LogP contribution in [0.2, 0.25) is 0 Å². The number of hydrogen-bond acceptors (Lipinski definition) is 3. The Kier molecular flexibility index (Phi) is 4.97. The van der Waals surface area contributed by atoms with Crippen molar-refractivity contribution in [3.05, 3.63) is 0 Å². The average molecular weight is 285 g/mol. The van der Waals surface area contributed by atoms with Gasteiger partial charge in [-0.1, -0.05) is 13.8 Å². The summed E-state index contributed by atoms with van der Waals surface area (Å²) in [4.78, 5) is 36.1. The predicted molar refractivity (Wildman–Crippen MR) is 72.9 cm³/mol. The Bertz CT molecular complexity index is 410. The molecule has 0 aromatic heterocycles. The van der Waals surface area contributed by atoms with Crippen LogP contribution in [0.25, 0.3) is 0 Å². The van der Waals surface area contributed by atoms with Gasteiger partial charge in [0, 0.05) is 13.1 Å². The lowest BCUT2D eigenvalue weighted by Crippen LogP contribution is -2.50. The smallest absolute Gasteiger partial charge is 0.312 e. The van der Waals surface area contributed by atoms with Crippen molar-refractivity contribution in [2.45, 2.75) is 39.7 Å². The lowest BCUT2D eigenvalue weighted by Gasteiger charge is -2.26. The fraction of sp³-hybridized carbons (Fsp3) is 0.769. The third-order valence-corrected chi connectivity index (χ3v) is 3.62. The molecule has 114 valence electrons. The van der Waals surface area contributed by atoms with Crippen molar-refractivity contribution in [1.82, 2.24) is 10.2 Å². The Labute approximate surface area is 118 Å². The number of carboxylic acid groups (broad SMARTS) is 1. The second-order valence-corrected chi connectivity index (χ2v) is 6.07. The molecule has 0 bridgehead atoms. The van der Waals surface area contributed by atoms with Crippen LogP contribution >= 0.6 is 0 Å².